The standard InChI is InChI=1S/C18H26N2O2S/c1-4-7-12-20(5-2)13-16-17(19-18(21)23-16)14-8-10-15(11-9-14)22-6-3/h8-11H,4-7,12-13H2,1-3H3,(H,19,21). The van der Waals surface area contributed by atoms with Crippen LogP contribution in [-0.2, 0) is 6.54 Å². The molecule has 0 fully saturated rings. The van der Waals surface area contributed by atoms with Crippen LogP contribution in [-0.4, -0.2) is 29.6 Å². The Labute approximate surface area is 142 Å². The first-order valence-corrected chi connectivity index (χ1v) is 9.17. The molecule has 0 saturated carbocycles. The van der Waals surface area contributed by atoms with Crippen LogP contribution >= 0.6 is 11.3 Å². The van der Waals surface area contributed by atoms with Crippen molar-refractivity contribution in [3.63, 3.8) is 0 Å². The van der Waals surface area contributed by atoms with Gasteiger partial charge in [-0.15, -0.1) is 0 Å². The number of hydrogen-bond acceptors (Lipinski definition) is 4. The second-order valence-corrected chi connectivity index (χ2v) is 6.56. The molecule has 23 heavy (non-hydrogen) atoms. The molecule has 1 N–H and O–H groups in total. The molecule has 0 bridgehead atoms. The maximum atomic E-state index is 11.9. The predicted molar refractivity (Wildman–Crippen MR) is 97.4 cm³/mol. The lowest BCUT2D eigenvalue weighted by atomic mass is 10.1. The van der Waals surface area contributed by atoms with Gasteiger partial charge in [-0.3, -0.25) is 9.69 Å². The summed E-state index contributed by atoms with van der Waals surface area (Å²) in [7, 11) is 0. The Morgan fingerprint density at radius 3 is 2.52 bits per heavy atom. The van der Waals surface area contributed by atoms with Gasteiger partial charge in [-0.1, -0.05) is 31.6 Å². The third kappa shape index (κ3) is 4.94. The Kier molecular flexibility index (Phi) is 6.86. The highest BCUT2D eigenvalue weighted by Crippen LogP contribution is 2.26. The zero-order chi connectivity index (χ0) is 16.7. The highest BCUT2D eigenvalue weighted by atomic mass is 32.1. The molecule has 0 radical (unpaired) electrons. The molecule has 2 rings (SSSR count). The SMILES string of the molecule is CCCCN(CC)Cc1sc(=O)[nH]c1-c1ccc(OCC)cc1. The maximum Gasteiger partial charge on any atom is 0.305 e. The van der Waals surface area contributed by atoms with Crippen molar-refractivity contribution in [1.82, 2.24) is 9.88 Å². The average molecular weight is 334 g/mol. The van der Waals surface area contributed by atoms with Gasteiger partial charge >= 0.3 is 4.87 Å². The molecule has 0 aliphatic carbocycles. The van der Waals surface area contributed by atoms with Gasteiger partial charge in [0.1, 0.15) is 5.75 Å². The molecule has 0 amide bonds. The number of hydrogen-bond donors (Lipinski definition) is 1. The minimum Gasteiger partial charge on any atom is -0.494 e. The van der Waals surface area contributed by atoms with Crippen LogP contribution in [0.15, 0.2) is 29.1 Å². The third-order valence-corrected chi connectivity index (χ3v) is 4.69. The molecule has 1 aromatic heterocycles. The molecular formula is C18H26N2O2S. The molecule has 2 aromatic rings. The van der Waals surface area contributed by atoms with Crippen LogP contribution in [0, 0.1) is 0 Å². The van der Waals surface area contributed by atoms with Gasteiger partial charge in [0.05, 0.1) is 12.3 Å². The van der Waals surface area contributed by atoms with Crippen LogP contribution in [0.1, 0.15) is 38.5 Å². The number of aromatic nitrogens is 1. The van der Waals surface area contributed by atoms with Crippen molar-refractivity contribution in [2.24, 2.45) is 0 Å². The lowest BCUT2D eigenvalue weighted by Crippen LogP contribution is -2.23. The summed E-state index contributed by atoms with van der Waals surface area (Å²) in [6.07, 6.45) is 2.37. The lowest BCUT2D eigenvalue weighted by Gasteiger charge is -2.19. The molecule has 0 aliphatic rings. The van der Waals surface area contributed by atoms with Crippen LogP contribution in [0.5, 0.6) is 5.75 Å². The van der Waals surface area contributed by atoms with E-state index >= 15 is 0 Å². The van der Waals surface area contributed by atoms with Crippen molar-refractivity contribution in [1.29, 1.82) is 0 Å². The molecule has 0 saturated heterocycles. The Bertz CT molecular complexity index is 646. The number of ether oxygens (including phenoxy) is 1. The number of unbranched alkanes of at least 4 members (excludes halogenated alkanes) is 1. The lowest BCUT2D eigenvalue weighted by molar-refractivity contribution is 0.278. The number of rotatable bonds is 9. The van der Waals surface area contributed by atoms with Crippen molar-refractivity contribution in [3.05, 3.63) is 38.8 Å². The Hall–Kier alpha value is -1.59. The summed E-state index contributed by atoms with van der Waals surface area (Å²) in [5.41, 5.74) is 1.98. The summed E-state index contributed by atoms with van der Waals surface area (Å²) in [6, 6.07) is 7.92. The maximum absolute atomic E-state index is 11.9. The Morgan fingerprint density at radius 1 is 1.17 bits per heavy atom. The molecule has 0 aliphatic heterocycles. The first kappa shape index (κ1) is 17.8. The summed E-state index contributed by atoms with van der Waals surface area (Å²) in [5, 5.41) is 0. The van der Waals surface area contributed by atoms with E-state index in [2.05, 4.69) is 23.7 Å². The van der Waals surface area contributed by atoms with E-state index in [9.17, 15) is 4.79 Å². The molecule has 0 atom stereocenters. The summed E-state index contributed by atoms with van der Waals surface area (Å²) >= 11 is 1.32. The predicted octanol–water partition coefficient (Wildman–Crippen LogP) is 4.12. The van der Waals surface area contributed by atoms with E-state index in [1.807, 2.05) is 31.2 Å². The minimum atomic E-state index is 0.00966. The zero-order valence-corrected chi connectivity index (χ0v) is 15.0. The summed E-state index contributed by atoms with van der Waals surface area (Å²) in [4.78, 5) is 18.4. The number of thiazole rings is 1. The molecule has 126 valence electrons. The number of nitrogens with one attached hydrogen (secondary N) is 1. The summed E-state index contributed by atoms with van der Waals surface area (Å²) < 4.78 is 5.48. The van der Waals surface area contributed by atoms with Crippen LogP contribution in [0.25, 0.3) is 11.3 Å². The van der Waals surface area contributed by atoms with Crippen molar-refractivity contribution >= 4 is 11.3 Å². The van der Waals surface area contributed by atoms with Gasteiger partial charge in [0.2, 0.25) is 0 Å². The first-order chi connectivity index (χ1) is 11.2. The van der Waals surface area contributed by atoms with Crippen LogP contribution in [0.2, 0.25) is 0 Å². The van der Waals surface area contributed by atoms with Gasteiger partial charge < -0.3 is 9.72 Å². The van der Waals surface area contributed by atoms with Gasteiger partial charge in [-0.25, -0.2) is 0 Å². The fourth-order valence-electron chi connectivity index (χ4n) is 2.52. The molecular weight excluding hydrogens is 308 g/mol. The quantitative estimate of drug-likeness (QED) is 0.750. The molecule has 1 aromatic carbocycles. The molecule has 5 heteroatoms. The van der Waals surface area contributed by atoms with Gasteiger partial charge in [0.25, 0.3) is 0 Å². The van der Waals surface area contributed by atoms with E-state index in [1.54, 1.807) is 0 Å². The van der Waals surface area contributed by atoms with Crippen LogP contribution in [0.3, 0.4) is 0 Å². The highest BCUT2D eigenvalue weighted by molar-refractivity contribution is 7.09. The third-order valence-electron chi connectivity index (χ3n) is 3.82. The topological polar surface area (TPSA) is 45.3 Å². The van der Waals surface area contributed by atoms with Crippen LogP contribution in [0.4, 0.5) is 0 Å². The normalized spacial score (nSPS) is 11.1. The van der Waals surface area contributed by atoms with Gasteiger partial charge in [-0.2, -0.15) is 0 Å². The molecule has 0 spiro atoms. The number of H-pyrrole nitrogens is 1. The highest BCUT2D eigenvalue weighted by Gasteiger charge is 2.13. The Balaban J connectivity index is 2.20. The van der Waals surface area contributed by atoms with Gasteiger partial charge in [0, 0.05) is 11.4 Å². The van der Waals surface area contributed by atoms with Gasteiger partial charge in [0.15, 0.2) is 0 Å². The molecule has 4 nitrogen and oxygen atoms in total. The number of benzene rings is 1. The Morgan fingerprint density at radius 2 is 1.91 bits per heavy atom. The van der Waals surface area contributed by atoms with Crippen LogP contribution < -0.4 is 9.61 Å². The van der Waals surface area contributed by atoms with Crippen molar-refractivity contribution < 1.29 is 4.74 Å². The van der Waals surface area contributed by atoms with Crippen molar-refractivity contribution in [2.45, 2.75) is 40.2 Å². The summed E-state index contributed by atoms with van der Waals surface area (Å²) in [6.45, 7) is 9.88. The smallest absolute Gasteiger partial charge is 0.305 e. The van der Waals surface area contributed by atoms with E-state index in [0.29, 0.717) is 6.61 Å². The van der Waals surface area contributed by atoms with E-state index in [4.69, 9.17) is 4.74 Å². The number of aromatic amines is 1. The largest absolute Gasteiger partial charge is 0.494 e. The average Bonchev–Trinajstić information content (AvgIpc) is 2.93. The zero-order valence-electron chi connectivity index (χ0n) is 14.2. The molecule has 0 unspecified atom stereocenters. The van der Waals surface area contributed by atoms with Crippen molar-refractivity contribution in [3.8, 4) is 17.0 Å². The molecule has 1 heterocycles. The fourth-order valence-corrected chi connectivity index (χ4v) is 3.42. The van der Waals surface area contributed by atoms with Gasteiger partial charge in [-0.05, 0) is 56.3 Å². The second kappa shape index (κ2) is 8.89. The number of nitrogens with zero attached hydrogens (tertiary/aromatic N) is 1. The first-order valence-electron chi connectivity index (χ1n) is 8.35. The fraction of sp³-hybridized carbons (Fsp3) is 0.500. The summed E-state index contributed by atoms with van der Waals surface area (Å²) in [5.74, 6) is 0.855. The van der Waals surface area contributed by atoms with E-state index in [-0.39, 0.29) is 4.87 Å². The minimum absolute atomic E-state index is 0.00966. The van der Waals surface area contributed by atoms with Crippen molar-refractivity contribution in [2.75, 3.05) is 19.7 Å². The monoisotopic (exact) mass is 334 g/mol. The van der Waals surface area contributed by atoms with E-state index < -0.39 is 0 Å². The van der Waals surface area contributed by atoms with E-state index in [0.717, 1.165) is 41.5 Å². The second-order valence-electron chi connectivity index (χ2n) is 5.49. The van der Waals surface area contributed by atoms with E-state index in [1.165, 1.54) is 24.2 Å².